The number of para-hydroxylation sites is 1. The van der Waals surface area contributed by atoms with Crippen LogP contribution in [0.1, 0.15) is 24.9 Å². The predicted octanol–water partition coefficient (Wildman–Crippen LogP) is 1.74. The highest BCUT2D eigenvalue weighted by atomic mass is 32.2. The van der Waals surface area contributed by atoms with E-state index >= 15 is 0 Å². The van der Waals surface area contributed by atoms with Crippen molar-refractivity contribution in [3.05, 3.63) is 29.8 Å². The number of carboxylic acids is 1. The third-order valence-electron chi connectivity index (χ3n) is 2.54. The smallest absolute Gasteiger partial charge is 0.387 e. The molecule has 0 aliphatic carbocycles. The Morgan fingerprint density at radius 1 is 1.38 bits per heavy atom. The number of ether oxygens (including phenoxy) is 1. The molecule has 0 radical (unpaired) electrons. The molecule has 0 bridgehead atoms. The first-order valence-electron chi connectivity index (χ1n) is 5.97. The lowest BCUT2D eigenvalue weighted by molar-refractivity contribution is -0.136. The molecule has 0 saturated heterocycles. The fourth-order valence-corrected chi connectivity index (χ4v) is 2.88. The second-order valence-electron chi connectivity index (χ2n) is 4.22. The third kappa shape index (κ3) is 6.05. The van der Waals surface area contributed by atoms with Crippen molar-refractivity contribution < 1.29 is 31.8 Å². The van der Waals surface area contributed by atoms with E-state index in [1.165, 1.54) is 25.1 Å². The average Bonchev–Trinajstić information content (AvgIpc) is 2.36. The highest BCUT2D eigenvalue weighted by Crippen LogP contribution is 2.26. The lowest BCUT2D eigenvalue weighted by Crippen LogP contribution is -2.30. The molecule has 0 amide bonds. The van der Waals surface area contributed by atoms with Crippen molar-refractivity contribution in [1.82, 2.24) is 4.72 Å². The van der Waals surface area contributed by atoms with Gasteiger partial charge in [0.25, 0.3) is 0 Å². The zero-order chi connectivity index (χ0) is 16.0. The lowest BCUT2D eigenvalue weighted by Gasteiger charge is -2.17. The Morgan fingerprint density at radius 3 is 2.57 bits per heavy atom. The van der Waals surface area contributed by atoms with Gasteiger partial charge in [-0.05, 0) is 13.0 Å². The lowest BCUT2D eigenvalue weighted by atomic mass is 10.1. The maximum absolute atomic E-state index is 12.3. The van der Waals surface area contributed by atoms with Crippen LogP contribution >= 0.6 is 0 Å². The zero-order valence-electron chi connectivity index (χ0n) is 11.1. The van der Waals surface area contributed by atoms with Crippen LogP contribution in [0.25, 0.3) is 0 Å². The van der Waals surface area contributed by atoms with Gasteiger partial charge in [0, 0.05) is 11.6 Å². The van der Waals surface area contributed by atoms with Crippen molar-refractivity contribution in [1.29, 1.82) is 0 Å². The summed E-state index contributed by atoms with van der Waals surface area (Å²) in [7, 11) is -3.84. The van der Waals surface area contributed by atoms with Gasteiger partial charge >= 0.3 is 12.6 Å². The summed E-state index contributed by atoms with van der Waals surface area (Å²) in [6, 6.07) is 4.94. The molecule has 1 unspecified atom stereocenters. The van der Waals surface area contributed by atoms with E-state index in [0.717, 1.165) is 0 Å². The average molecular weight is 323 g/mol. The van der Waals surface area contributed by atoms with Crippen LogP contribution in [0.3, 0.4) is 0 Å². The van der Waals surface area contributed by atoms with E-state index in [4.69, 9.17) is 5.11 Å². The molecule has 1 aromatic rings. The number of halogens is 2. The largest absolute Gasteiger partial charge is 0.481 e. The van der Waals surface area contributed by atoms with Gasteiger partial charge in [-0.3, -0.25) is 4.79 Å². The van der Waals surface area contributed by atoms with E-state index in [0.29, 0.717) is 0 Å². The number of carbonyl (C=O) groups is 1. The first kappa shape index (κ1) is 17.3. The minimum atomic E-state index is -3.84. The summed E-state index contributed by atoms with van der Waals surface area (Å²) in [5, 5.41) is 8.48. The number of benzene rings is 1. The molecule has 0 aliphatic heterocycles. The Labute approximate surface area is 120 Å². The number of hydrogen-bond donors (Lipinski definition) is 2. The minimum absolute atomic E-state index is 0.138. The van der Waals surface area contributed by atoms with Crippen molar-refractivity contribution in [2.24, 2.45) is 0 Å². The first-order chi connectivity index (χ1) is 9.71. The van der Waals surface area contributed by atoms with Crippen LogP contribution in [0.2, 0.25) is 0 Å². The topological polar surface area (TPSA) is 92.7 Å². The van der Waals surface area contributed by atoms with Crippen molar-refractivity contribution in [3.8, 4) is 5.75 Å². The predicted molar refractivity (Wildman–Crippen MR) is 70.7 cm³/mol. The van der Waals surface area contributed by atoms with Gasteiger partial charge in [0.2, 0.25) is 10.0 Å². The number of nitrogens with one attached hydrogen (secondary N) is 1. The molecule has 2 N–H and O–H groups in total. The zero-order valence-corrected chi connectivity index (χ0v) is 11.9. The number of alkyl halides is 2. The molecule has 0 heterocycles. The van der Waals surface area contributed by atoms with Gasteiger partial charge < -0.3 is 9.84 Å². The Kier molecular flexibility index (Phi) is 6.03. The highest BCUT2D eigenvalue weighted by molar-refractivity contribution is 7.89. The molecule has 1 atom stereocenters. The molecule has 0 fully saturated rings. The van der Waals surface area contributed by atoms with Crippen molar-refractivity contribution in [2.75, 3.05) is 5.75 Å². The number of hydrogen-bond acceptors (Lipinski definition) is 4. The third-order valence-corrected chi connectivity index (χ3v) is 4.00. The Hall–Kier alpha value is -1.74. The van der Waals surface area contributed by atoms with E-state index in [-0.39, 0.29) is 11.3 Å². The van der Waals surface area contributed by atoms with Crippen LogP contribution in [0.5, 0.6) is 5.75 Å². The molecule has 9 heteroatoms. The molecular weight excluding hydrogens is 308 g/mol. The van der Waals surface area contributed by atoms with Gasteiger partial charge in [-0.15, -0.1) is 0 Å². The molecule has 1 aromatic carbocycles. The van der Waals surface area contributed by atoms with Crippen molar-refractivity contribution >= 4 is 16.0 Å². The molecule has 6 nitrogen and oxygen atoms in total. The molecule has 0 spiro atoms. The standard InChI is InChI=1S/C12H15F2NO5S/c1-8(15-21(18,19)7-6-11(16)17)9-4-2-3-5-10(9)20-12(13)14/h2-5,8,12,15H,6-7H2,1H3,(H,16,17). The summed E-state index contributed by atoms with van der Waals surface area (Å²) < 4.78 is 54.5. The number of sulfonamides is 1. The monoisotopic (exact) mass is 323 g/mol. The maximum atomic E-state index is 12.3. The Morgan fingerprint density at radius 2 is 2.00 bits per heavy atom. The SMILES string of the molecule is CC(NS(=O)(=O)CCC(=O)O)c1ccccc1OC(F)F. The van der Waals surface area contributed by atoms with Gasteiger partial charge in [-0.25, -0.2) is 13.1 Å². The molecule has 0 saturated carbocycles. The quantitative estimate of drug-likeness (QED) is 0.760. The van der Waals surface area contributed by atoms with E-state index in [1.807, 2.05) is 0 Å². The fraction of sp³-hybridized carbons (Fsp3) is 0.417. The summed E-state index contributed by atoms with van der Waals surface area (Å²) in [5.74, 6) is -1.97. The second-order valence-corrected chi connectivity index (χ2v) is 6.09. The molecule has 21 heavy (non-hydrogen) atoms. The Bertz CT molecular complexity index is 591. The highest BCUT2D eigenvalue weighted by Gasteiger charge is 2.20. The van der Waals surface area contributed by atoms with Gasteiger partial charge in [0.15, 0.2) is 0 Å². The van der Waals surface area contributed by atoms with Gasteiger partial charge in [0.1, 0.15) is 5.75 Å². The van der Waals surface area contributed by atoms with Gasteiger partial charge in [-0.2, -0.15) is 8.78 Å². The molecule has 1 rings (SSSR count). The first-order valence-corrected chi connectivity index (χ1v) is 7.62. The van der Waals surface area contributed by atoms with Crippen LogP contribution in [-0.4, -0.2) is 31.9 Å². The van der Waals surface area contributed by atoms with E-state index in [9.17, 15) is 22.0 Å². The van der Waals surface area contributed by atoms with Gasteiger partial charge in [0.05, 0.1) is 12.2 Å². The summed E-state index contributed by atoms with van der Waals surface area (Å²) in [6.07, 6.45) is -0.544. The van der Waals surface area contributed by atoms with E-state index in [2.05, 4.69) is 9.46 Å². The second kappa shape index (κ2) is 7.32. The summed E-state index contributed by atoms with van der Waals surface area (Å²) in [4.78, 5) is 10.4. The summed E-state index contributed by atoms with van der Waals surface area (Å²) in [5.41, 5.74) is 0.233. The van der Waals surface area contributed by atoms with Crippen molar-refractivity contribution in [2.45, 2.75) is 26.0 Å². The fourth-order valence-electron chi connectivity index (χ4n) is 1.65. The maximum Gasteiger partial charge on any atom is 0.387 e. The molecule has 0 aliphatic rings. The van der Waals surface area contributed by atoms with Crippen LogP contribution in [-0.2, 0) is 14.8 Å². The molecular formula is C12H15F2NO5S. The van der Waals surface area contributed by atoms with Crippen LogP contribution < -0.4 is 9.46 Å². The normalized spacial score (nSPS) is 13.1. The van der Waals surface area contributed by atoms with Crippen LogP contribution in [0.15, 0.2) is 24.3 Å². The van der Waals surface area contributed by atoms with Crippen LogP contribution in [0.4, 0.5) is 8.78 Å². The van der Waals surface area contributed by atoms with E-state index in [1.54, 1.807) is 6.07 Å². The van der Waals surface area contributed by atoms with Crippen LogP contribution in [0, 0.1) is 0 Å². The summed E-state index contributed by atoms with van der Waals surface area (Å²) in [6.45, 7) is -1.58. The Balaban J connectivity index is 2.84. The number of aliphatic carboxylic acids is 1. The summed E-state index contributed by atoms with van der Waals surface area (Å²) >= 11 is 0. The van der Waals surface area contributed by atoms with Gasteiger partial charge in [-0.1, -0.05) is 18.2 Å². The molecule has 118 valence electrons. The number of carboxylic acid groups (broad SMARTS) is 1. The van der Waals surface area contributed by atoms with Crippen molar-refractivity contribution in [3.63, 3.8) is 0 Å². The molecule has 0 aromatic heterocycles. The number of rotatable bonds is 8. The van der Waals surface area contributed by atoms with E-state index < -0.39 is 40.8 Å². The minimum Gasteiger partial charge on any atom is -0.481 e.